The third-order valence-electron chi connectivity index (χ3n) is 5.04. The molecule has 2 aliphatic rings. The van der Waals surface area contributed by atoms with E-state index in [1.807, 2.05) is 0 Å². The lowest BCUT2D eigenvalue weighted by atomic mass is 9.99. The predicted octanol–water partition coefficient (Wildman–Crippen LogP) is -0.107. The molecule has 2 aliphatic heterocycles. The van der Waals surface area contributed by atoms with Crippen molar-refractivity contribution in [2.45, 2.75) is 30.7 Å². The lowest BCUT2D eigenvalue weighted by Gasteiger charge is -2.39. The van der Waals surface area contributed by atoms with Crippen LogP contribution in [0.25, 0.3) is 6.08 Å². The maximum atomic E-state index is 12.6. The van der Waals surface area contributed by atoms with Crippen LogP contribution in [-0.4, -0.2) is 73.7 Å². The topological polar surface area (TPSA) is 166 Å². The van der Waals surface area contributed by atoms with E-state index in [0.717, 1.165) is 0 Å². The van der Waals surface area contributed by atoms with E-state index < -0.39 is 43.1 Å². The second-order valence-corrected chi connectivity index (χ2v) is 7.16. The number of aliphatic hydroxyl groups is 4. The fourth-order valence-electron chi connectivity index (χ4n) is 3.32. The van der Waals surface area contributed by atoms with Crippen LogP contribution in [0.4, 0.5) is 0 Å². The van der Waals surface area contributed by atoms with Gasteiger partial charge in [-0.15, -0.1) is 0 Å². The Morgan fingerprint density at radius 2 is 1.74 bits per heavy atom. The highest BCUT2D eigenvalue weighted by Gasteiger charge is 2.44. The standard InChI is InChI=1S/C21H20O10/c22-8-16-18(26)19(27)20(28)21(31-16)29-10-2-3-11-14(7-10)30-15(17(11)25)6-9-1-4-12(23)13(24)5-9/h1-7,16,18-24,26-28H,8H2. The molecular weight excluding hydrogens is 412 g/mol. The number of rotatable bonds is 4. The zero-order valence-electron chi connectivity index (χ0n) is 16.0. The maximum Gasteiger partial charge on any atom is 0.231 e. The minimum Gasteiger partial charge on any atom is -0.504 e. The van der Waals surface area contributed by atoms with Gasteiger partial charge < -0.3 is 44.8 Å². The van der Waals surface area contributed by atoms with Crippen LogP contribution in [0.15, 0.2) is 42.2 Å². The highest BCUT2D eigenvalue weighted by molar-refractivity contribution is 6.14. The molecule has 1 saturated heterocycles. The van der Waals surface area contributed by atoms with Crippen LogP contribution < -0.4 is 9.47 Å². The van der Waals surface area contributed by atoms with Crippen LogP contribution >= 0.6 is 0 Å². The molecule has 0 saturated carbocycles. The first-order valence-electron chi connectivity index (χ1n) is 9.36. The number of phenols is 2. The van der Waals surface area contributed by atoms with Crippen molar-refractivity contribution in [1.29, 1.82) is 0 Å². The van der Waals surface area contributed by atoms with Crippen molar-refractivity contribution < 1.29 is 49.6 Å². The Hall–Kier alpha value is -3.15. The van der Waals surface area contributed by atoms with E-state index in [9.17, 15) is 35.4 Å². The van der Waals surface area contributed by atoms with Gasteiger partial charge in [0.05, 0.1) is 12.2 Å². The average molecular weight is 432 g/mol. The maximum absolute atomic E-state index is 12.6. The molecule has 2 aromatic carbocycles. The van der Waals surface area contributed by atoms with Gasteiger partial charge in [0.2, 0.25) is 12.1 Å². The highest BCUT2D eigenvalue weighted by atomic mass is 16.7. The van der Waals surface area contributed by atoms with Crippen molar-refractivity contribution in [3.05, 3.63) is 53.3 Å². The molecule has 10 heteroatoms. The molecule has 0 aliphatic carbocycles. The van der Waals surface area contributed by atoms with E-state index in [-0.39, 0.29) is 34.3 Å². The van der Waals surface area contributed by atoms with Gasteiger partial charge in [0.1, 0.15) is 35.9 Å². The first kappa shape index (κ1) is 21.1. The molecule has 31 heavy (non-hydrogen) atoms. The van der Waals surface area contributed by atoms with E-state index in [0.29, 0.717) is 5.56 Å². The lowest BCUT2D eigenvalue weighted by Crippen LogP contribution is -2.60. The number of carbonyl (C=O) groups excluding carboxylic acids is 1. The Balaban J connectivity index is 1.53. The molecule has 6 N–H and O–H groups in total. The van der Waals surface area contributed by atoms with Crippen LogP contribution in [0, 0.1) is 0 Å². The van der Waals surface area contributed by atoms with Gasteiger partial charge in [-0.2, -0.15) is 0 Å². The molecule has 164 valence electrons. The Kier molecular flexibility index (Phi) is 5.56. The summed E-state index contributed by atoms with van der Waals surface area (Å²) >= 11 is 0. The van der Waals surface area contributed by atoms with Gasteiger partial charge in [0.15, 0.2) is 17.3 Å². The molecular formula is C21H20O10. The van der Waals surface area contributed by atoms with Crippen molar-refractivity contribution in [2.24, 2.45) is 0 Å². The Morgan fingerprint density at radius 1 is 0.968 bits per heavy atom. The number of Topliss-reactive ketones (excluding diaryl/α,β-unsaturated/α-hetero) is 1. The number of carbonyl (C=O) groups is 1. The predicted molar refractivity (Wildman–Crippen MR) is 104 cm³/mol. The molecule has 5 unspecified atom stereocenters. The highest BCUT2D eigenvalue weighted by Crippen LogP contribution is 2.36. The summed E-state index contributed by atoms with van der Waals surface area (Å²) < 4.78 is 16.4. The number of phenolic OH excluding ortho intramolecular Hbond substituents is 2. The summed E-state index contributed by atoms with van der Waals surface area (Å²) in [6.45, 7) is -0.590. The van der Waals surface area contributed by atoms with Gasteiger partial charge >= 0.3 is 0 Å². The number of hydrogen-bond donors (Lipinski definition) is 6. The third kappa shape index (κ3) is 3.94. The molecule has 0 spiro atoms. The number of hydrogen-bond acceptors (Lipinski definition) is 10. The molecule has 2 heterocycles. The summed E-state index contributed by atoms with van der Waals surface area (Å²) in [5.74, 6) is -0.709. The molecule has 4 rings (SSSR count). The Morgan fingerprint density at radius 3 is 2.45 bits per heavy atom. The van der Waals surface area contributed by atoms with Gasteiger partial charge in [-0.25, -0.2) is 0 Å². The van der Waals surface area contributed by atoms with Gasteiger partial charge in [-0.05, 0) is 35.9 Å². The molecule has 1 fully saturated rings. The van der Waals surface area contributed by atoms with Gasteiger partial charge in [0, 0.05) is 6.07 Å². The number of fused-ring (bicyclic) bond motifs is 1. The SMILES string of the molecule is O=C1C(=Cc2ccc(O)c(O)c2)Oc2cc(OC3OC(CO)C(O)C(O)C3O)ccc21. The van der Waals surface area contributed by atoms with E-state index in [2.05, 4.69) is 0 Å². The van der Waals surface area contributed by atoms with Crippen molar-refractivity contribution in [3.63, 3.8) is 0 Å². The minimum atomic E-state index is -1.58. The van der Waals surface area contributed by atoms with Crippen molar-refractivity contribution in [3.8, 4) is 23.0 Å². The summed E-state index contributed by atoms with van der Waals surface area (Å²) in [7, 11) is 0. The smallest absolute Gasteiger partial charge is 0.231 e. The fourth-order valence-corrected chi connectivity index (χ4v) is 3.32. The van der Waals surface area contributed by atoms with Crippen LogP contribution in [0.5, 0.6) is 23.0 Å². The number of benzene rings is 2. The molecule has 0 aromatic heterocycles. The number of ether oxygens (including phenoxy) is 3. The van der Waals surface area contributed by atoms with Crippen LogP contribution in [0.1, 0.15) is 15.9 Å². The summed E-state index contributed by atoms with van der Waals surface area (Å²) in [5, 5.41) is 58.0. The first-order chi connectivity index (χ1) is 14.8. The number of aromatic hydroxyl groups is 2. The number of allylic oxidation sites excluding steroid dienone is 1. The van der Waals surface area contributed by atoms with Gasteiger partial charge in [-0.1, -0.05) is 6.07 Å². The Bertz CT molecular complexity index is 1030. The van der Waals surface area contributed by atoms with E-state index in [1.54, 1.807) is 0 Å². The molecule has 5 atom stereocenters. The fraction of sp³-hybridized carbons (Fsp3) is 0.286. The molecule has 0 amide bonds. The molecule has 0 radical (unpaired) electrons. The van der Waals surface area contributed by atoms with E-state index >= 15 is 0 Å². The monoisotopic (exact) mass is 432 g/mol. The zero-order valence-corrected chi connectivity index (χ0v) is 16.0. The minimum absolute atomic E-state index is 0.00919. The normalized spacial score (nSPS) is 29.0. The third-order valence-corrected chi connectivity index (χ3v) is 5.04. The second kappa shape index (κ2) is 8.17. The summed E-state index contributed by atoms with van der Waals surface area (Å²) in [6, 6.07) is 8.33. The molecule has 0 bridgehead atoms. The van der Waals surface area contributed by atoms with Crippen LogP contribution in [0.3, 0.4) is 0 Å². The number of ketones is 1. The first-order valence-corrected chi connectivity index (χ1v) is 9.36. The second-order valence-electron chi connectivity index (χ2n) is 7.16. The van der Waals surface area contributed by atoms with E-state index in [1.165, 1.54) is 42.5 Å². The van der Waals surface area contributed by atoms with Crippen LogP contribution in [-0.2, 0) is 4.74 Å². The quantitative estimate of drug-likeness (QED) is 0.283. The van der Waals surface area contributed by atoms with Crippen molar-refractivity contribution >= 4 is 11.9 Å². The zero-order chi connectivity index (χ0) is 22.3. The van der Waals surface area contributed by atoms with Crippen LogP contribution in [0.2, 0.25) is 0 Å². The largest absolute Gasteiger partial charge is 0.504 e. The van der Waals surface area contributed by atoms with Crippen molar-refractivity contribution in [1.82, 2.24) is 0 Å². The summed E-state index contributed by atoms with van der Waals surface area (Å²) in [5.41, 5.74) is 0.694. The van der Waals surface area contributed by atoms with Gasteiger partial charge in [0.25, 0.3) is 0 Å². The summed E-state index contributed by atoms with van der Waals surface area (Å²) in [4.78, 5) is 12.6. The van der Waals surface area contributed by atoms with Gasteiger partial charge in [-0.3, -0.25) is 4.79 Å². The van der Waals surface area contributed by atoms with E-state index in [4.69, 9.17) is 14.2 Å². The molecule has 10 nitrogen and oxygen atoms in total. The summed E-state index contributed by atoms with van der Waals surface area (Å²) in [6.07, 6.45) is -5.76. The molecule has 2 aromatic rings. The Labute approximate surface area is 175 Å². The van der Waals surface area contributed by atoms with Crippen molar-refractivity contribution in [2.75, 3.05) is 6.61 Å². The average Bonchev–Trinajstić information content (AvgIpc) is 3.05. The number of aliphatic hydroxyl groups excluding tert-OH is 4. The lowest BCUT2D eigenvalue weighted by molar-refractivity contribution is -0.277.